The van der Waals surface area contributed by atoms with Crippen LogP contribution >= 0.6 is 12.2 Å². The first-order valence-electron chi connectivity index (χ1n) is 7.92. The van der Waals surface area contributed by atoms with Gasteiger partial charge in [-0.15, -0.1) is 0 Å². The maximum Gasteiger partial charge on any atom is 0.166 e. The highest BCUT2D eigenvalue weighted by molar-refractivity contribution is 7.80. The summed E-state index contributed by atoms with van der Waals surface area (Å²) in [6.07, 6.45) is 6.51. The van der Waals surface area contributed by atoms with Gasteiger partial charge in [-0.1, -0.05) is 49.6 Å². The van der Waals surface area contributed by atoms with Crippen molar-refractivity contribution in [3.8, 4) is 0 Å². The molecule has 0 saturated heterocycles. The van der Waals surface area contributed by atoms with E-state index in [1.54, 1.807) is 0 Å². The Bertz CT molecular complexity index is 427. The van der Waals surface area contributed by atoms with Crippen molar-refractivity contribution in [3.63, 3.8) is 0 Å². The van der Waals surface area contributed by atoms with Crippen molar-refractivity contribution in [2.75, 3.05) is 20.6 Å². The Morgan fingerprint density at radius 2 is 1.86 bits per heavy atom. The Kier molecular flexibility index (Phi) is 6.46. The van der Waals surface area contributed by atoms with E-state index in [2.05, 4.69) is 60.0 Å². The molecule has 4 heteroatoms. The predicted molar refractivity (Wildman–Crippen MR) is 93.5 cm³/mol. The third-order valence-corrected chi connectivity index (χ3v) is 4.47. The van der Waals surface area contributed by atoms with E-state index in [4.69, 9.17) is 12.2 Å². The second-order valence-electron chi connectivity index (χ2n) is 6.08. The third kappa shape index (κ3) is 5.29. The fourth-order valence-electron chi connectivity index (χ4n) is 2.95. The van der Waals surface area contributed by atoms with Crippen molar-refractivity contribution < 1.29 is 0 Å². The first-order valence-corrected chi connectivity index (χ1v) is 8.33. The summed E-state index contributed by atoms with van der Waals surface area (Å²) in [6.45, 7) is 0.829. The number of hydrogen-bond acceptors (Lipinski definition) is 2. The van der Waals surface area contributed by atoms with Gasteiger partial charge in [0.05, 0.1) is 6.04 Å². The molecule has 0 heterocycles. The lowest BCUT2D eigenvalue weighted by Gasteiger charge is -2.28. The van der Waals surface area contributed by atoms with E-state index in [9.17, 15) is 0 Å². The van der Waals surface area contributed by atoms with Crippen molar-refractivity contribution in [1.82, 2.24) is 15.5 Å². The molecule has 2 rings (SSSR count). The fourth-order valence-corrected chi connectivity index (χ4v) is 3.20. The van der Waals surface area contributed by atoms with E-state index in [0.29, 0.717) is 12.1 Å². The molecule has 1 aliphatic carbocycles. The lowest BCUT2D eigenvalue weighted by Crippen LogP contribution is -2.45. The Morgan fingerprint density at radius 3 is 2.48 bits per heavy atom. The Morgan fingerprint density at radius 1 is 1.19 bits per heavy atom. The number of thiocarbonyl (C=S) groups is 1. The average Bonchev–Trinajstić information content (AvgIpc) is 2.49. The molecular weight excluding hydrogens is 278 g/mol. The van der Waals surface area contributed by atoms with E-state index in [1.807, 2.05) is 0 Å². The zero-order valence-corrected chi connectivity index (χ0v) is 14.0. The van der Waals surface area contributed by atoms with Gasteiger partial charge in [0.1, 0.15) is 0 Å². The second-order valence-corrected chi connectivity index (χ2v) is 6.49. The molecule has 1 aromatic rings. The van der Waals surface area contributed by atoms with Crippen LogP contribution in [0, 0.1) is 0 Å². The molecule has 3 nitrogen and oxygen atoms in total. The molecule has 1 aliphatic rings. The summed E-state index contributed by atoms with van der Waals surface area (Å²) in [7, 11) is 4.22. The molecule has 1 saturated carbocycles. The van der Waals surface area contributed by atoms with Crippen LogP contribution < -0.4 is 10.6 Å². The van der Waals surface area contributed by atoms with Crippen molar-refractivity contribution >= 4 is 17.3 Å². The van der Waals surface area contributed by atoms with E-state index >= 15 is 0 Å². The quantitative estimate of drug-likeness (QED) is 0.818. The molecule has 0 radical (unpaired) electrons. The topological polar surface area (TPSA) is 27.3 Å². The Hall–Kier alpha value is -1.13. The summed E-state index contributed by atoms with van der Waals surface area (Å²) in [5.41, 5.74) is 1.32. The van der Waals surface area contributed by atoms with Crippen LogP contribution in [0.25, 0.3) is 0 Å². The molecule has 21 heavy (non-hydrogen) atoms. The number of nitrogens with zero attached hydrogens (tertiary/aromatic N) is 1. The first-order chi connectivity index (χ1) is 10.2. The molecule has 1 atom stereocenters. The van der Waals surface area contributed by atoms with Gasteiger partial charge in [-0.25, -0.2) is 0 Å². The molecule has 1 unspecified atom stereocenters. The second kappa shape index (κ2) is 8.35. The van der Waals surface area contributed by atoms with Crippen molar-refractivity contribution in [2.45, 2.75) is 44.2 Å². The van der Waals surface area contributed by atoms with Gasteiger partial charge >= 0.3 is 0 Å². The number of benzene rings is 1. The normalized spacial score (nSPS) is 17.5. The lowest BCUT2D eigenvalue weighted by molar-refractivity contribution is 0.298. The monoisotopic (exact) mass is 305 g/mol. The van der Waals surface area contributed by atoms with Gasteiger partial charge in [0.25, 0.3) is 0 Å². The first kappa shape index (κ1) is 16.2. The van der Waals surface area contributed by atoms with Crippen molar-refractivity contribution in [2.24, 2.45) is 0 Å². The summed E-state index contributed by atoms with van der Waals surface area (Å²) in [4.78, 5) is 2.23. The van der Waals surface area contributed by atoms with Crippen LogP contribution in [0.1, 0.15) is 43.7 Å². The maximum absolute atomic E-state index is 5.45. The molecular formula is C17H27N3S. The summed E-state index contributed by atoms with van der Waals surface area (Å²) in [6, 6.07) is 11.5. The number of nitrogens with one attached hydrogen (secondary N) is 2. The number of hydrogen-bond donors (Lipinski definition) is 2. The molecule has 0 spiro atoms. The van der Waals surface area contributed by atoms with Gasteiger partial charge in [-0.05, 0) is 44.7 Å². The average molecular weight is 305 g/mol. The third-order valence-electron chi connectivity index (χ3n) is 4.20. The van der Waals surface area contributed by atoms with Crippen LogP contribution in [0.4, 0.5) is 0 Å². The highest BCUT2D eigenvalue weighted by atomic mass is 32.1. The summed E-state index contributed by atoms with van der Waals surface area (Å²) in [5.74, 6) is 0. The minimum Gasteiger partial charge on any atom is -0.361 e. The van der Waals surface area contributed by atoms with Crippen LogP contribution in [0.5, 0.6) is 0 Å². The van der Waals surface area contributed by atoms with Crippen molar-refractivity contribution in [3.05, 3.63) is 35.9 Å². The Balaban J connectivity index is 1.82. The summed E-state index contributed by atoms with van der Waals surface area (Å²) >= 11 is 5.45. The molecule has 0 aromatic heterocycles. The minimum absolute atomic E-state index is 0.331. The van der Waals surface area contributed by atoms with Gasteiger partial charge in [0.2, 0.25) is 0 Å². The van der Waals surface area contributed by atoms with Crippen LogP contribution in [0.15, 0.2) is 30.3 Å². The van der Waals surface area contributed by atoms with Gasteiger partial charge in [0.15, 0.2) is 5.11 Å². The fraction of sp³-hybridized carbons (Fsp3) is 0.588. The van der Waals surface area contributed by atoms with Crippen molar-refractivity contribution in [1.29, 1.82) is 0 Å². The maximum atomic E-state index is 5.45. The van der Waals surface area contributed by atoms with Crippen LogP contribution in [-0.2, 0) is 0 Å². The summed E-state index contributed by atoms with van der Waals surface area (Å²) < 4.78 is 0. The molecule has 116 valence electrons. The van der Waals surface area contributed by atoms with Crippen LogP contribution in [0.2, 0.25) is 0 Å². The van der Waals surface area contributed by atoms with Gasteiger partial charge in [-0.2, -0.15) is 0 Å². The van der Waals surface area contributed by atoms with Gasteiger partial charge in [-0.3, -0.25) is 0 Å². The molecule has 0 aliphatic heterocycles. The van der Waals surface area contributed by atoms with Gasteiger partial charge in [0, 0.05) is 12.6 Å². The highest BCUT2D eigenvalue weighted by Gasteiger charge is 2.16. The minimum atomic E-state index is 0.331. The largest absolute Gasteiger partial charge is 0.361 e. The molecule has 1 aromatic carbocycles. The highest BCUT2D eigenvalue weighted by Crippen LogP contribution is 2.18. The molecule has 0 amide bonds. The number of rotatable bonds is 5. The lowest BCUT2D eigenvalue weighted by atomic mass is 9.96. The number of likely N-dealkylation sites (N-methyl/N-ethyl adjacent to an activating group) is 1. The molecule has 1 fully saturated rings. The molecule has 2 N–H and O–H groups in total. The smallest absolute Gasteiger partial charge is 0.166 e. The zero-order valence-electron chi connectivity index (χ0n) is 13.1. The van der Waals surface area contributed by atoms with Crippen LogP contribution in [-0.4, -0.2) is 36.7 Å². The van der Waals surface area contributed by atoms with Crippen LogP contribution in [0.3, 0.4) is 0 Å². The standard InChI is InChI=1S/C17H27N3S/c1-20(2)16(14-9-5-3-6-10-14)13-18-17(21)19-15-11-7-4-8-12-15/h3,5-6,9-10,15-16H,4,7-8,11-13H2,1-2H3,(H2,18,19,21). The van der Waals surface area contributed by atoms with E-state index in [0.717, 1.165) is 11.7 Å². The van der Waals surface area contributed by atoms with E-state index in [1.165, 1.54) is 37.7 Å². The van der Waals surface area contributed by atoms with E-state index < -0.39 is 0 Å². The van der Waals surface area contributed by atoms with E-state index in [-0.39, 0.29) is 0 Å². The zero-order chi connectivity index (χ0) is 15.1. The van der Waals surface area contributed by atoms with Gasteiger partial charge < -0.3 is 15.5 Å². The molecule has 0 bridgehead atoms. The predicted octanol–water partition coefficient (Wildman–Crippen LogP) is 3.09. The SMILES string of the molecule is CN(C)C(CNC(=S)NC1CCCCC1)c1ccccc1. The Labute approximate surface area is 134 Å². The summed E-state index contributed by atoms with van der Waals surface area (Å²) in [5, 5.41) is 7.65.